The number of pyridine rings is 1. The monoisotopic (exact) mass is 470 g/mol. The molecule has 33 heavy (non-hydrogen) atoms. The summed E-state index contributed by atoms with van der Waals surface area (Å²) in [5.41, 5.74) is 1.18. The van der Waals surface area contributed by atoms with E-state index in [1.165, 1.54) is 11.0 Å². The maximum absolute atomic E-state index is 12.6. The maximum atomic E-state index is 12.6. The van der Waals surface area contributed by atoms with Gasteiger partial charge >= 0.3 is 0 Å². The first-order valence-electron chi connectivity index (χ1n) is 11.0. The second kappa shape index (κ2) is 10.1. The molecule has 2 aromatic heterocycles. The minimum atomic E-state index is -0.308. The summed E-state index contributed by atoms with van der Waals surface area (Å²) in [4.78, 5) is 35.5. The third-order valence-corrected chi connectivity index (χ3v) is 5.83. The predicted octanol–water partition coefficient (Wildman–Crippen LogP) is 3.23. The number of aromatic nitrogens is 3. The standard InChI is InChI=1S/C23H27ClN6O3/c1-3-25-20(31)14-33-19-12-15-11-16(7-8-18(15)29(2)22(19)32)27-21-17(24)13-26-23(28-21)30-9-5-4-6-10-30/h7-8,11-13H,3-6,9-10,14H2,1-2H3,(H,25,31)(H,26,27,28). The van der Waals surface area contributed by atoms with Crippen LogP contribution in [0, 0.1) is 0 Å². The fraction of sp³-hybridized carbons (Fsp3) is 0.391. The number of piperidine rings is 1. The van der Waals surface area contributed by atoms with Gasteiger partial charge < -0.3 is 24.8 Å². The predicted molar refractivity (Wildman–Crippen MR) is 130 cm³/mol. The second-order valence-corrected chi connectivity index (χ2v) is 8.33. The average Bonchev–Trinajstić information content (AvgIpc) is 2.82. The Morgan fingerprint density at radius 3 is 2.76 bits per heavy atom. The fourth-order valence-corrected chi connectivity index (χ4v) is 3.99. The lowest BCUT2D eigenvalue weighted by Gasteiger charge is -2.26. The van der Waals surface area contributed by atoms with Crippen molar-refractivity contribution >= 4 is 45.9 Å². The van der Waals surface area contributed by atoms with Crippen LogP contribution in [-0.4, -0.2) is 46.7 Å². The van der Waals surface area contributed by atoms with Crippen LogP contribution in [0.15, 0.2) is 35.3 Å². The molecule has 1 amide bonds. The number of amides is 1. The first-order valence-corrected chi connectivity index (χ1v) is 11.4. The molecule has 4 rings (SSSR count). The second-order valence-electron chi connectivity index (χ2n) is 7.93. The highest BCUT2D eigenvalue weighted by atomic mass is 35.5. The summed E-state index contributed by atoms with van der Waals surface area (Å²) in [6.45, 7) is 3.97. The first kappa shape index (κ1) is 22.8. The number of anilines is 3. The van der Waals surface area contributed by atoms with Gasteiger partial charge in [0.2, 0.25) is 5.95 Å². The molecule has 1 aliphatic heterocycles. The van der Waals surface area contributed by atoms with Gasteiger partial charge in [-0.15, -0.1) is 0 Å². The SMILES string of the molecule is CCNC(=O)COc1cc2cc(Nc3nc(N4CCCCC4)ncc3Cl)ccc2n(C)c1=O. The van der Waals surface area contributed by atoms with Crippen molar-refractivity contribution in [2.24, 2.45) is 7.05 Å². The average molecular weight is 471 g/mol. The number of aryl methyl sites for hydroxylation is 1. The number of carbonyl (C=O) groups excluding carboxylic acids is 1. The minimum absolute atomic E-state index is 0.112. The van der Waals surface area contributed by atoms with E-state index >= 15 is 0 Å². The van der Waals surface area contributed by atoms with Gasteiger partial charge in [0.1, 0.15) is 5.02 Å². The number of hydrogen-bond acceptors (Lipinski definition) is 7. The summed E-state index contributed by atoms with van der Waals surface area (Å²) in [7, 11) is 1.67. The fourth-order valence-electron chi connectivity index (χ4n) is 3.85. The third kappa shape index (κ3) is 5.19. The highest BCUT2D eigenvalue weighted by Gasteiger charge is 2.16. The molecule has 0 radical (unpaired) electrons. The summed E-state index contributed by atoms with van der Waals surface area (Å²) >= 11 is 6.36. The molecule has 0 spiro atoms. The van der Waals surface area contributed by atoms with Crippen molar-refractivity contribution in [3.8, 4) is 5.75 Å². The van der Waals surface area contributed by atoms with Crippen LogP contribution in [0.1, 0.15) is 26.2 Å². The molecule has 2 N–H and O–H groups in total. The van der Waals surface area contributed by atoms with Crippen molar-refractivity contribution in [1.29, 1.82) is 0 Å². The number of likely N-dealkylation sites (N-methyl/N-ethyl adjacent to an activating group) is 1. The zero-order valence-corrected chi connectivity index (χ0v) is 19.5. The van der Waals surface area contributed by atoms with E-state index < -0.39 is 0 Å². The summed E-state index contributed by atoms with van der Waals surface area (Å²) in [5.74, 6) is 1.01. The largest absolute Gasteiger partial charge is 0.478 e. The number of rotatable bonds is 7. The van der Waals surface area contributed by atoms with Crippen LogP contribution < -0.4 is 25.8 Å². The molecular formula is C23H27ClN6O3. The number of hydrogen-bond donors (Lipinski definition) is 2. The molecule has 10 heteroatoms. The van der Waals surface area contributed by atoms with Crippen molar-refractivity contribution in [2.75, 3.05) is 36.5 Å². The minimum Gasteiger partial charge on any atom is -0.478 e. The molecule has 3 heterocycles. The number of benzene rings is 1. The van der Waals surface area contributed by atoms with Gasteiger partial charge in [-0.2, -0.15) is 4.98 Å². The molecule has 0 atom stereocenters. The lowest BCUT2D eigenvalue weighted by molar-refractivity contribution is -0.123. The number of nitrogens with zero attached hydrogens (tertiary/aromatic N) is 4. The van der Waals surface area contributed by atoms with Crippen molar-refractivity contribution in [3.63, 3.8) is 0 Å². The molecule has 3 aromatic rings. The summed E-state index contributed by atoms with van der Waals surface area (Å²) < 4.78 is 6.99. The van der Waals surface area contributed by atoms with Gasteiger partial charge in [-0.1, -0.05) is 11.6 Å². The van der Waals surface area contributed by atoms with E-state index in [0.717, 1.165) is 42.5 Å². The van der Waals surface area contributed by atoms with E-state index in [1.807, 2.05) is 25.1 Å². The van der Waals surface area contributed by atoms with Gasteiger partial charge in [0.05, 0.1) is 11.7 Å². The van der Waals surface area contributed by atoms with E-state index in [0.29, 0.717) is 23.3 Å². The molecule has 1 aliphatic rings. The van der Waals surface area contributed by atoms with E-state index in [1.54, 1.807) is 19.3 Å². The normalized spacial score (nSPS) is 13.7. The van der Waals surface area contributed by atoms with E-state index in [9.17, 15) is 9.59 Å². The number of halogens is 1. The van der Waals surface area contributed by atoms with Crippen LogP contribution in [-0.2, 0) is 11.8 Å². The third-order valence-electron chi connectivity index (χ3n) is 5.56. The highest BCUT2D eigenvalue weighted by molar-refractivity contribution is 6.32. The van der Waals surface area contributed by atoms with Crippen LogP contribution in [0.5, 0.6) is 5.75 Å². The number of nitrogens with one attached hydrogen (secondary N) is 2. The highest BCUT2D eigenvalue weighted by Crippen LogP contribution is 2.28. The summed E-state index contributed by atoms with van der Waals surface area (Å²) in [6, 6.07) is 7.22. The van der Waals surface area contributed by atoms with Gasteiger partial charge in [0.25, 0.3) is 11.5 Å². The van der Waals surface area contributed by atoms with Gasteiger partial charge in [0.15, 0.2) is 18.2 Å². The van der Waals surface area contributed by atoms with Gasteiger partial charge in [-0.05, 0) is 50.5 Å². The number of carbonyl (C=O) groups is 1. The van der Waals surface area contributed by atoms with Crippen molar-refractivity contribution in [1.82, 2.24) is 19.9 Å². The Labute approximate surface area is 196 Å². The quantitative estimate of drug-likeness (QED) is 0.546. The van der Waals surface area contributed by atoms with Gasteiger partial charge in [-0.25, -0.2) is 4.98 Å². The Kier molecular flexibility index (Phi) is 6.98. The Bertz CT molecular complexity index is 1220. The molecule has 0 bridgehead atoms. The lowest BCUT2D eigenvalue weighted by atomic mass is 10.1. The van der Waals surface area contributed by atoms with E-state index in [4.69, 9.17) is 16.3 Å². The zero-order valence-electron chi connectivity index (χ0n) is 18.7. The summed E-state index contributed by atoms with van der Waals surface area (Å²) in [6.07, 6.45) is 5.09. The van der Waals surface area contributed by atoms with E-state index in [2.05, 4.69) is 25.5 Å². The van der Waals surface area contributed by atoms with Crippen molar-refractivity contribution < 1.29 is 9.53 Å². The van der Waals surface area contributed by atoms with Crippen LogP contribution in [0.2, 0.25) is 5.02 Å². The Morgan fingerprint density at radius 1 is 1.21 bits per heavy atom. The molecular weight excluding hydrogens is 444 g/mol. The summed E-state index contributed by atoms with van der Waals surface area (Å²) in [5, 5.41) is 7.10. The molecule has 0 aliphatic carbocycles. The van der Waals surface area contributed by atoms with Crippen LogP contribution in [0.3, 0.4) is 0 Å². The number of fused-ring (bicyclic) bond motifs is 1. The molecule has 1 saturated heterocycles. The molecule has 1 aromatic carbocycles. The maximum Gasteiger partial charge on any atom is 0.293 e. The van der Waals surface area contributed by atoms with Crippen LogP contribution in [0.25, 0.3) is 10.9 Å². The zero-order chi connectivity index (χ0) is 23.4. The van der Waals surface area contributed by atoms with Crippen molar-refractivity contribution in [2.45, 2.75) is 26.2 Å². The Balaban J connectivity index is 1.60. The Hall–Kier alpha value is -3.33. The molecule has 0 saturated carbocycles. The van der Waals surface area contributed by atoms with E-state index in [-0.39, 0.29) is 23.8 Å². The molecule has 1 fully saturated rings. The molecule has 9 nitrogen and oxygen atoms in total. The first-order chi connectivity index (χ1) is 16.0. The van der Waals surface area contributed by atoms with Crippen LogP contribution >= 0.6 is 11.6 Å². The number of ether oxygens (including phenoxy) is 1. The molecule has 174 valence electrons. The van der Waals surface area contributed by atoms with Crippen LogP contribution in [0.4, 0.5) is 17.5 Å². The van der Waals surface area contributed by atoms with Gasteiger partial charge in [0, 0.05) is 37.8 Å². The molecule has 0 unspecified atom stereocenters. The smallest absolute Gasteiger partial charge is 0.293 e. The van der Waals surface area contributed by atoms with Crippen molar-refractivity contribution in [3.05, 3.63) is 45.8 Å². The van der Waals surface area contributed by atoms with Gasteiger partial charge in [-0.3, -0.25) is 9.59 Å². The topological polar surface area (TPSA) is 101 Å². The lowest BCUT2D eigenvalue weighted by Crippen LogP contribution is -2.31. The Morgan fingerprint density at radius 2 is 2.00 bits per heavy atom.